The molecule has 1 aliphatic carbocycles. The number of rotatable bonds is 9. The van der Waals surface area contributed by atoms with Crippen LogP contribution in [0.5, 0.6) is 5.75 Å². The molecule has 10 nitrogen and oxygen atoms in total. The Morgan fingerprint density at radius 2 is 2.03 bits per heavy atom. The monoisotopic (exact) mass is 486 g/mol. The molecular weight excluding hydrogens is 463 g/mol. The smallest absolute Gasteiger partial charge is 0.185 e. The van der Waals surface area contributed by atoms with Crippen molar-refractivity contribution in [2.24, 2.45) is 0 Å². The summed E-state index contributed by atoms with van der Waals surface area (Å²) in [6.07, 6.45) is 11.5. The molecule has 182 valence electrons. The minimum atomic E-state index is -0.529. The van der Waals surface area contributed by atoms with E-state index in [2.05, 4.69) is 37.9 Å². The number of hydrogen-bond acceptors (Lipinski definition) is 7. The number of methoxy groups -OCH3 is 1. The molecule has 0 bridgehead atoms. The Morgan fingerprint density at radius 3 is 2.81 bits per heavy atom. The highest BCUT2D eigenvalue weighted by molar-refractivity contribution is 5.94. The van der Waals surface area contributed by atoms with Crippen molar-refractivity contribution in [1.29, 1.82) is 0 Å². The van der Waals surface area contributed by atoms with E-state index >= 15 is 4.39 Å². The SMILES string of the molecule is COc1ccc(-n2ccnn2)c(CCC(=O)c2cn(Cc3cn4cc(C5CC5)ccc4n3)nn2)c1F. The Kier molecular flexibility index (Phi) is 5.51. The van der Waals surface area contributed by atoms with Gasteiger partial charge in [-0.1, -0.05) is 16.5 Å². The second-order valence-corrected chi connectivity index (χ2v) is 8.89. The number of fused-ring (bicyclic) bond motifs is 1. The second-order valence-electron chi connectivity index (χ2n) is 8.89. The zero-order valence-corrected chi connectivity index (χ0v) is 19.6. The molecule has 5 aromatic rings. The fraction of sp³-hybridized carbons (Fsp3) is 0.280. The molecule has 0 atom stereocenters. The van der Waals surface area contributed by atoms with Gasteiger partial charge in [0.05, 0.1) is 43.6 Å². The fourth-order valence-electron chi connectivity index (χ4n) is 4.37. The normalized spacial score (nSPS) is 13.4. The number of nitrogens with zero attached hydrogens (tertiary/aromatic N) is 8. The molecule has 1 saturated carbocycles. The highest BCUT2D eigenvalue weighted by Gasteiger charge is 2.24. The minimum absolute atomic E-state index is 0.0444. The Balaban J connectivity index is 1.16. The van der Waals surface area contributed by atoms with Crippen LogP contribution in [0.25, 0.3) is 11.3 Å². The van der Waals surface area contributed by atoms with Crippen molar-refractivity contribution in [3.63, 3.8) is 0 Å². The van der Waals surface area contributed by atoms with E-state index in [1.165, 1.54) is 42.5 Å². The first-order valence-corrected chi connectivity index (χ1v) is 11.7. The third-order valence-electron chi connectivity index (χ3n) is 6.40. The first kappa shape index (κ1) is 22.1. The molecule has 0 spiro atoms. The molecule has 11 heteroatoms. The van der Waals surface area contributed by atoms with Crippen LogP contribution >= 0.6 is 0 Å². The maximum Gasteiger partial charge on any atom is 0.185 e. The Labute approximate surface area is 205 Å². The van der Waals surface area contributed by atoms with Crippen LogP contribution < -0.4 is 4.74 Å². The molecule has 36 heavy (non-hydrogen) atoms. The molecule has 0 unspecified atom stereocenters. The van der Waals surface area contributed by atoms with Gasteiger partial charge in [-0.3, -0.25) is 4.79 Å². The standard InChI is InChI=1S/C25H23FN8O2/c1-36-23-8-6-21(34-11-10-27-30-34)19(25(23)26)5-7-22(35)20-15-33(31-29-20)14-18-13-32-12-17(16-2-3-16)4-9-24(32)28-18/h4,6,8-13,15-16H,2-3,5,7,14H2,1H3. The molecule has 0 saturated heterocycles. The summed E-state index contributed by atoms with van der Waals surface area (Å²) >= 11 is 0. The highest BCUT2D eigenvalue weighted by Crippen LogP contribution is 2.39. The molecule has 1 aliphatic rings. The quantitative estimate of drug-likeness (QED) is 0.294. The number of carbonyl (C=O) groups excluding carboxylic acids is 1. The number of hydrogen-bond donors (Lipinski definition) is 0. The van der Waals surface area contributed by atoms with E-state index in [4.69, 9.17) is 4.74 Å². The van der Waals surface area contributed by atoms with Gasteiger partial charge in [0.15, 0.2) is 17.3 Å². The van der Waals surface area contributed by atoms with Gasteiger partial charge in [0.25, 0.3) is 0 Å². The summed E-state index contributed by atoms with van der Waals surface area (Å²) in [7, 11) is 1.40. The number of ether oxygens (including phenoxy) is 1. The molecule has 6 rings (SSSR count). The lowest BCUT2D eigenvalue weighted by Gasteiger charge is -2.12. The number of carbonyl (C=O) groups is 1. The van der Waals surface area contributed by atoms with Crippen LogP contribution in [-0.4, -0.2) is 52.3 Å². The van der Waals surface area contributed by atoms with Gasteiger partial charge in [0, 0.05) is 24.4 Å². The van der Waals surface area contributed by atoms with E-state index in [0.717, 1.165) is 11.3 Å². The zero-order chi connectivity index (χ0) is 24.6. The van der Waals surface area contributed by atoms with E-state index in [1.54, 1.807) is 23.1 Å². The van der Waals surface area contributed by atoms with Crippen molar-refractivity contribution in [3.8, 4) is 11.4 Å². The van der Waals surface area contributed by atoms with Gasteiger partial charge in [0.1, 0.15) is 11.3 Å². The molecular formula is C25H23FN8O2. The van der Waals surface area contributed by atoms with Crippen molar-refractivity contribution in [2.45, 2.75) is 38.1 Å². The number of aromatic nitrogens is 8. The molecule has 0 amide bonds. The molecule has 0 aliphatic heterocycles. The van der Waals surface area contributed by atoms with Crippen LogP contribution in [0.15, 0.2) is 55.2 Å². The summed E-state index contributed by atoms with van der Waals surface area (Å²) in [4.78, 5) is 17.5. The maximum atomic E-state index is 15.0. The van der Waals surface area contributed by atoms with Crippen molar-refractivity contribution in [3.05, 3.63) is 83.6 Å². The van der Waals surface area contributed by atoms with E-state index < -0.39 is 5.82 Å². The van der Waals surface area contributed by atoms with Gasteiger partial charge in [-0.15, -0.1) is 10.2 Å². The molecule has 0 radical (unpaired) electrons. The van der Waals surface area contributed by atoms with Crippen LogP contribution in [0.3, 0.4) is 0 Å². The summed E-state index contributed by atoms with van der Waals surface area (Å²) < 4.78 is 25.2. The average Bonchev–Trinajstić information content (AvgIpc) is 3.24. The lowest BCUT2D eigenvalue weighted by atomic mass is 10.0. The maximum absolute atomic E-state index is 15.0. The van der Waals surface area contributed by atoms with Crippen LogP contribution in [-0.2, 0) is 13.0 Å². The molecule has 1 fully saturated rings. The van der Waals surface area contributed by atoms with E-state index in [-0.39, 0.29) is 30.1 Å². The molecule has 1 aromatic carbocycles. The lowest BCUT2D eigenvalue weighted by molar-refractivity contribution is 0.0977. The summed E-state index contributed by atoms with van der Waals surface area (Å²) in [6.45, 7) is 0.391. The molecule has 4 heterocycles. The van der Waals surface area contributed by atoms with Crippen LogP contribution in [0.4, 0.5) is 4.39 Å². The predicted octanol–water partition coefficient (Wildman–Crippen LogP) is 3.40. The number of imidazole rings is 1. The van der Waals surface area contributed by atoms with Gasteiger partial charge < -0.3 is 9.14 Å². The predicted molar refractivity (Wildman–Crippen MR) is 127 cm³/mol. The summed E-state index contributed by atoms with van der Waals surface area (Å²) in [5.74, 6) is 0.00146. The Bertz CT molecular complexity index is 1550. The molecule has 4 aromatic heterocycles. The third-order valence-corrected chi connectivity index (χ3v) is 6.40. The highest BCUT2D eigenvalue weighted by atomic mass is 19.1. The van der Waals surface area contributed by atoms with Crippen molar-refractivity contribution in [2.75, 3.05) is 7.11 Å². The fourth-order valence-corrected chi connectivity index (χ4v) is 4.37. The summed E-state index contributed by atoms with van der Waals surface area (Å²) in [5, 5.41) is 15.9. The third kappa shape index (κ3) is 4.23. The first-order chi connectivity index (χ1) is 17.6. The number of pyridine rings is 1. The first-order valence-electron chi connectivity index (χ1n) is 11.7. The Morgan fingerprint density at radius 1 is 1.14 bits per heavy atom. The van der Waals surface area contributed by atoms with Gasteiger partial charge in [-0.05, 0) is 48.9 Å². The van der Waals surface area contributed by atoms with Crippen molar-refractivity contribution >= 4 is 11.4 Å². The largest absolute Gasteiger partial charge is 0.494 e. The number of ketones is 1. The van der Waals surface area contributed by atoms with Gasteiger partial charge in [-0.2, -0.15) is 0 Å². The number of halogens is 1. The topological polar surface area (TPSA) is 105 Å². The zero-order valence-electron chi connectivity index (χ0n) is 19.6. The summed E-state index contributed by atoms with van der Waals surface area (Å²) in [6, 6.07) is 7.37. The second kappa shape index (κ2) is 8.99. The van der Waals surface area contributed by atoms with Crippen LogP contribution in [0.1, 0.15) is 52.5 Å². The minimum Gasteiger partial charge on any atom is -0.494 e. The van der Waals surface area contributed by atoms with Gasteiger partial charge >= 0.3 is 0 Å². The Hall–Kier alpha value is -4.41. The van der Waals surface area contributed by atoms with Crippen LogP contribution in [0.2, 0.25) is 0 Å². The molecule has 0 N–H and O–H groups in total. The average molecular weight is 487 g/mol. The van der Waals surface area contributed by atoms with Gasteiger partial charge in [0.2, 0.25) is 0 Å². The van der Waals surface area contributed by atoms with Crippen molar-refractivity contribution in [1.82, 2.24) is 39.4 Å². The van der Waals surface area contributed by atoms with Crippen LogP contribution in [0, 0.1) is 5.82 Å². The van der Waals surface area contributed by atoms with E-state index in [0.29, 0.717) is 23.7 Å². The summed E-state index contributed by atoms with van der Waals surface area (Å²) in [5.41, 5.74) is 4.06. The van der Waals surface area contributed by atoms with E-state index in [9.17, 15) is 4.79 Å². The van der Waals surface area contributed by atoms with Gasteiger partial charge in [-0.25, -0.2) is 18.7 Å². The van der Waals surface area contributed by atoms with Crippen molar-refractivity contribution < 1.29 is 13.9 Å². The number of Topliss-reactive ketones (excluding diaryl/α,β-unsaturated/α-hetero) is 1. The lowest BCUT2D eigenvalue weighted by Crippen LogP contribution is -2.08. The number of benzene rings is 1. The van der Waals surface area contributed by atoms with E-state index in [1.807, 2.05) is 16.7 Å².